The summed E-state index contributed by atoms with van der Waals surface area (Å²) in [4.78, 5) is 41.0. The monoisotopic (exact) mass is 499 g/mol. The average molecular weight is 500 g/mol. The predicted octanol–water partition coefficient (Wildman–Crippen LogP) is 3.23. The molecule has 0 bridgehead atoms. The molecule has 3 rings (SSSR count). The van der Waals surface area contributed by atoms with Crippen molar-refractivity contribution in [2.75, 3.05) is 32.7 Å². The fourth-order valence-electron chi connectivity index (χ4n) is 3.83. The lowest BCUT2D eigenvalue weighted by atomic mass is 10.1. The molecule has 0 aliphatic carbocycles. The number of carbonyl (C=O) groups is 3. The molecule has 1 N–H and O–H groups in total. The molecule has 1 heterocycles. The van der Waals surface area contributed by atoms with Gasteiger partial charge in [0.2, 0.25) is 5.91 Å². The molecule has 0 saturated carbocycles. The third kappa shape index (κ3) is 5.89. The van der Waals surface area contributed by atoms with Crippen LogP contribution in [0.4, 0.5) is 5.69 Å². The zero-order valence-electron chi connectivity index (χ0n) is 20.2. The van der Waals surface area contributed by atoms with Crippen molar-refractivity contribution in [1.82, 2.24) is 9.80 Å². The quantitative estimate of drug-likeness (QED) is 0.393. The number of nitrogens with one attached hydrogen (secondary N) is 1. The van der Waals surface area contributed by atoms with Gasteiger partial charge in [0.05, 0.1) is 32.8 Å². The van der Waals surface area contributed by atoms with Crippen LogP contribution in [-0.2, 0) is 20.9 Å². The van der Waals surface area contributed by atoms with Gasteiger partial charge in [-0.3, -0.25) is 14.5 Å². The first-order valence-electron chi connectivity index (χ1n) is 11.2. The van der Waals surface area contributed by atoms with E-state index in [9.17, 15) is 14.4 Å². The SMILES string of the molecule is CCOC(=O)c1ccc(NC(=O)CC2C(=O)N(CC)C(=S)N2Cc2ccc(OC)c(OC)c2)cc1. The van der Waals surface area contributed by atoms with E-state index in [4.69, 9.17) is 26.4 Å². The summed E-state index contributed by atoms with van der Waals surface area (Å²) in [6.07, 6.45) is -0.0810. The van der Waals surface area contributed by atoms with Gasteiger partial charge in [0.25, 0.3) is 5.91 Å². The zero-order valence-corrected chi connectivity index (χ0v) is 21.0. The third-order valence-corrected chi connectivity index (χ3v) is 6.03. The van der Waals surface area contributed by atoms with E-state index in [1.54, 1.807) is 56.4 Å². The summed E-state index contributed by atoms with van der Waals surface area (Å²) in [6.45, 7) is 4.59. The van der Waals surface area contributed by atoms with Crippen LogP contribution in [0.5, 0.6) is 11.5 Å². The number of rotatable bonds is 10. The van der Waals surface area contributed by atoms with Crippen molar-refractivity contribution in [3.63, 3.8) is 0 Å². The summed E-state index contributed by atoms with van der Waals surface area (Å²) in [6, 6.07) is 11.1. The molecule has 9 nitrogen and oxygen atoms in total. The molecule has 1 aliphatic rings. The van der Waals surface area contributed by atoms with E-state index >= 15 is 0 Å². The second kappa shape index (κ2) is 11.7. The number of hydrogen-bond acceptors (Lipinski definition) is 7. The number of benzene rings is 2. The number of methoxy groups -OCH3 is 2. The van der Waals surface area contributed by atoms with Crippen LogP contribution in [0.2, 0.25) is 0 Å². The fourth-order valence-corrected chi connectivity index (χ4v) is 4.24. The van der Waals surface area contributed by atoms with Gasteiger partial charge in [-0.1, -0.05) is 6.07 Å². The Kier molecular flexibility index (Phi) is 8.64. The summed E-state index contributed by atoms with van der Waals surface area (Å²) >= 11 is 5.57. The lowest BCUT2D eigenvalue weighted by molar-refractivity contribution is -0.130. The molecule has 0 aromatic heterocycles. The normalized spacial score (nSPS) is 15.3. The third-order valence-electron chi connectivity index (χ3n) is 5.58. The molecule has 1 atom stereocenters. The van der Waals surface area contributed by atoms with Gasteiger partial charge in [-0.15, -0.1) is 0 Å². The first kappa shape index (κ1) is 26.0. The van der Waals surface area contributed by atoms with Gasteiger partial charge in [-0.2, -0.15) is 0 Å². The summed E-state index contributed by atoms with van der Waals surface area (Å²) in [5.41, 5.74) is 1.76. The Hall–Kier alpha value is -3.66. The van der Waals surface area contributed by atoms with Crippen LogP contribution in [0.1, 0.15) is 36.2 Å². The van der Waals surface area contributed by atoms with Gasteiger partial charge in [0.1, 0.15) is 6.04 Å². The van der Waals surface area contributed by atoms with Crippen LogP contribution in [-0.4, -0.2) is 66.1 Å². The van der Waals surface area contributed by atoms with Crippen LogP contribution >= 0.6 is 12.2 Å². The number of esters is 1. The molecule has 10 heteroatoms. The van der Waals surface area contributed by atoms with Crippen molar-refractivity contribution in [3.05, 3.63) is 53.6 Å². The lowest BCUT2D eigenvalue weighted by Gasteiger charge is -2.24. The molecule has 2 aromatic carbocycles. The minimum Gasteiger partial charge on any atom is -0.493 e. The van der Waals surface area contributed by atoms with E-state index in [2.05, 4.69) is 5.32 Å². The summed E-state index contributed by atoms with van der Waals surface area (Å²) in [5.74, 6) is 0.169. The number of likely N-dealkylation sites (N-methyl/N-ethyl adjacent to an activating group) is 1. The van der Waals surface area contributed by atoms with Gasteiger partial charge < -0.3 is 24.4 Å². The molecule has 1 saturated heterocycles. The molecule has 2 amide bonds. The Balaban J connectivity index is 1.74. The maximum atomic E-state index is 13.1. The highest BCUT2D eigenvalue weighted by Gasteiger charge is 2.42. The number of anilines is 1. The number of nitrogens with zero attached hydrogens (tertiary/aromatic N) is 2. The Bertz CT molecular complexity index is 1100. The first-order valence-corrected chi connectivity index (χ1v) is 11.6. The smallest absolute Gasteiger partial charge is 0.338 e. The molecule has 1 aliphatic heterocycles. The second-order valence-electron chi connectivity index (χ2n) is 7.75. The van der Waals surface area contributed by atoms with Crippen molar-refractivity contribution in [1.29, 1.82) is 0 Å². The highest BCUT2D eigenvalue weighted by molar-refractivity contribution is 7.80. The van der Waals surface area contributed by atoms with E-state index in [-0.39, 0.29) is 24.8 Å². The molecule has 186 valence electrons. The molecule has 0 radical (unpaired) electrons. The van der Waals surface area contributed by atoms with Crippen molar-refractivity contribution in [3.8, 4) is 11.5 Å². The summed E-state index contributed by atoms with van der Waals surface area (Å²) in [5, 5.41) is 3.16. The zero-order chi connectivity index (χ0) is 25.5. The van der Waals surface area contributed by atoms with E-state index in [0.29, 0.717) is 41.0 Å². The second-order valence-corrected chi connectivity index (χ2v) is 8.11. The number of ether oxygens (including phenoxy) is 3. The Morgan fingerprint density at radius 1 is 1.03 bits per heavy atom. The summed E-state index contributed by atoms with van der Waals surface area (Å²) in [7, 11) is 3.11. The molecule has 2 aromatic rings. The topological polar surface area (TPSA) is 97.4 Å². The van der Waals surface area contributed by atoms with E-state index in [1.807, 2.05) is 19.1 Å². The van der Waals surface area contributed by atoms with Crippen LogP contribution < -0.4 is 14.8 Å². The van der Waals surface area contributed by atoms with Crippen molar-refractivity contribution >= 4 is 40.8 Å². The Morgan fingerprint density at radius 3 is 2.31 bits per heavy atom. The van der Waals surface area contributed by atoms with E-state index in [0.717, 1.165) is 5.56 Å². The highest BCUT2D eigenvalue weighted by atomic mass is 32.1. The fraction of sp³-hybridized carbons (Fsp3) is 0.360. The van der Waals surface area contributed by atoms with Crippen molar-refractivity contribution in [2.24, 2.45) is 0 Å². The molecular formula is C25H29N3O6S. The number of thiocarbonyl (C=S) groups is 1. The van der Waals surface area contributed by atoms with E-state index < -0.39 is 12.0 Å². The lowest BCUT2D eigenvalue weighted by Crippen LogP contribution is -2.37. The maximum absolute atomic E-state index is 13.1. The minimum absolute atomic E-state index is 0.0810. The van der Waals surface area contributed by atoms with Crippen LogP contribution in [0.3, 0.4) is 0 Å². The first-order chi connectivity index (χ1) is 16.8. The van der Waals surface area contributed by atoms with Gasteiger partial charge in [-0.25, -0.2) is 4.79 Å². The van der Waals surface area contributed by atoms with Crippen LogP contribution in [0.15, 0.2) is 42.5 Å². The molecule has 1 unspecified atom stereocenters. The largest absolute Gasteiger partial charge is 0.493 e. The average Bonchev–Trinajstić information content (AvgIpc) is 3.07. The number of carbonyl (C=O) groups excluding carboxylic acids is 3. The Labute approximate surface area is 209 Å². The van der Waals surface area contributed by atoms with Crippen molar-refractivity contribution < 1.29 is 28.6 Å². The highest BCUT2D eigenvalue weighted by Crippen LogP contribution is 2.30. The van der Waals surface area contributed by atoms with Crippen LogP contribution in [0, 0.1) is 0 Å². The predicted molar refractivity (Wildman–Crippen MR) is 135 cm³/mol. The number of amides is 2. The van der Waals surface area contributed by atoms with Gasteiger partial charge in [0.15, 0.2) is 16.6 Å². The minimum atomic E-state index is -0.741. The van der Waals surface area contributed by atoms with Gasteiger partial charge >= 0.3 is 5.97 Å². The molecule has 35 heavy (non-hydrogen) atoms. The standard InChI is InChI=1S/C25H29N3O6S/c1-5-27-23(30)19(14-22(29)26-18-10-8-17(9-11-18)24(31)34-6-2)28(25(27)35)15-16-7-12-20(32-3)21(13-16)33-4/h7-13,19H,5-6,14-15H2,1-4H3,(H,26,29). The maximum Gasteiger partial charge on any atom is 0.338 e. The Morgan fingerprint density at radius 2 is 1.71 bits per heavy atom. The van der Waals surface area contributed by atoms with Gasteiger partial charge in [-0.05, 0) is 68.0 Å². The van der Waals surface area contributed by atoms with E-state index in [1.165, 1.54) is 4.90 Å². The van der Waals surface area contributed by atoms with Crippen LogP contribution in [0.25, 0.3) is 0 Å². The number of hydrogen-bond donors (Lipinski definition) is 1. The molecular weight excluding hydrogens is 470 g/mol. The summed E-state index contributed by atoms with van der Waals surface area (Å²) < 4.78 is 15.6. The molecule has 0 spiro atoms. The van der Waals surface area contributed by atoms with Crippen molar-refractivity contribution in [2.45, 2.75) is 32.9 Å². The van der Waals surface area contributed by atoms with Gasteiger partial charge in [0, 0.05) is 18.8 Å². The molecule has 1 fully saturated rings.